The molecule has 2 rings (SSSR count). The Morgan fingerprint density at radius 2 is 1.95 bits per heavy atom. The minimum atomic E-state index is -0.501. The molecule has 122 valence electrons. The van der Waals surface area contributed by atoms with Crippen LogP contribution in [0.25, 0.3) is 0 Å². The molecular formula is C15H23N3O4. The molecule has 0 spiro atoms. The first-order chi connectivity index (χ1) is 10.4. The molecule has 1 saturated heterocycles. The van der Waals surface area contributed by atoms with Crippen LogP contribution in [0.2, 0.25) is 0 Å². The van der Waals surface area contributed by atoms with Crippen LogP contribution in [-0.2, 0) is 4.74 Å². The van der Waals surface area contributed by atoms with Gasteiger partial charge >= 0.3 is 6.09 Å². The number of hydrogen-bond donors (Lipinski definition) is 0. The number of hydrogen-bond acceptors (Lipinski definition) is 6. The molecule has 1 atom stereocenters. The molecule has 7 nitrogen and oxygen atoms in total. The molecule has 1 fully saturated rings. The summed E-state index contributed by atoms with van der Waals surface area (Å²) in [4.78, 5) is 22.0. The third-order valence-corrected chi connectivity index (χ3v) is 3.13. The molecule has 1 amide bonds. The van der Waals surface area contributed by atoms with E-state index in [0.29, 0.717) is 24.8 Å². The van der Waals surface area contributed by atoms with E-state index in [1.54, 1.807) is 17.3 Å². The number of carbonyl (C=O) groups excluding carboxylic acids is 1. The molecule has 0 bridgehead atoms. The predicted octanol–water partition coefficient (Wildman–Crippen LogP) is 2.26. The Balaban J connectivity index is 1.97. The van der Waals surface area contributed by atoms with Crippen molar-refractivity contribution in [1.29, 1.82) is 0 Å². The molecule has 0 aliphatic carbocycles. The minimum Gasteiger partial charge on any atom is -0.477 e. The van der Waals surface area contributed by atoms with Gasteiger partial charge in [-0.3, -0.25) is 0 Å². The highest BCUT2D eigenvalue weighted by Gasteiger charge is 2.29. The molecule has 1 aromatic heterocycles. The van der Waals surface area contributed by atoms with Crippen molar-refractivity contribution in [3.8, 4) is 11.8 Å². The molecule has 22 heavy (non-hydrogen) atoms. The van der Waals surface area contributed by atoms with E-state index in [4.69, 9.17) is 14.2 Å². The minimum absolute atomic E-state index is 0.146. The Kier molecular flexibility index (Phi) is 5.05. The summed E-state index contributed by atoms with van der Waals surface area (Å²) in [6, 6.07) is 0. The van der Waals surface area contributed by atoms with Crippen LogP contribution in [0.5, 0.6) is 11.8 Å². The fraction of sp³-hybridized carbons (Fsp3) is 0.667. The van der Waals surface area contributed by atoms with Crippen LogP contribution < -0.4 is 9.47 Å². The fourth-order valence-corrected chi connectivity index (χ4v) is 2.22. The van der Waals surface area contributed by atoms with Crippen molar-refractivity contribution in [3.05, 3.63) is 12.4 Å². The molecule has 1 unspecified atom stereocenters. The zero-order valence-electron chi connectivity index (χ0n) is 13.5. The number of rotatable bonds is 3. The summed E-state index contributed by atoms with van der Waals surface area (Å²) in [5, 5.41) is 0. The summed E-state index contributed by atoms with van der Waals surface area (Å²) in [7, 11) is 1.52. The van der Waals surface area contributed by atoms with Crippen LogP contribution in [0.15, 0.2) is 12.4 Å². The van der Waals surface area contributed by atoms with Gasteiger partial charge in [0.15, 0.2) is 0 Å². The molecule has 2 heterocycles. The number of piperidine rings is 1. The van der Waals surface area contributed by atoms with Gasteiger partial charge in [-0.2, -0.15) is 0 Å². The maximum Gasteiger partial charge on any atom is 0.410 e. The van der Waals surface area contributed by atoms with Gasteiger partial charge in [-0.25, -0.2) is 14.8 Å². The quantitative estimate of drug-likeness (QED) is 0.852. The van der Waals surface area contributed by atoms with Crippen molar-refractivity contribution in [1.82, 2.24) is 14.9 Å². The molecule has 0 N–H and O–H groups in total. The lowest BCUT2D eigenvalue weighted by molar-refractivity contribution is 0.00686. The van der Waals surface area contributed by atoms with Gasteiger partial charge < -0.3 is 19.1 Å². The maximum atomic E-state index is 12.1. The molecule has 0 aromatic carbocycles. The fourth-order valence-electron chi connectivity index (χ4n) is 2.22. The SMILES string of the molecule is COc1nccnc1OC1CCCN(C(=O)OC(C)(C)C)C1. The summed E-state index contributed by atoms with van der Waals surface area (Å²) >= 11 is 0. The standard InChI is InChI=1S/C15H23N3O4/c1-15(2,3)22-14(19)18-9-5-6-11(10-18)21-13-12(20-4)16-7-8-17-13/h7-8,11H,5-6,9-10H2,1-4H3. The first-order valence-electron chi connectivity index (χ1n) is 7.38. The zero-order valence-corrected chi connectivity index (χ0v) is 13.5. The molecule has 1 aromatic rings. The number of amides is 1. The van der Waals surface area contributed by atoms with Gasteiger partial charge in [0.25, 0.3) is 11.8 Å². The Bertz CT molecular complexity index is 516. The highest BCUT2D eigenvalue weighted by Crippen LogP contribution is 2.24. The average molecular weight is 309 g/mol. The topological polar surface area (TPSA) is 73.8 Å². The van der Waals surface area contributed by atoms with Crippen molar-refractivity contribution in [2.45, 2.75) is 45.3 Å². The van der Waals surface area contributed by atoms with E-state index in [9.17, 15) is 4.79 Å². The van der Waals surface area contributed by atoms with Gasteiger partial charge in [-0.15, -0.1) is 0 Å². The first-order valence-corrected chi connectivity index (χ1v) is 7.38. The Morgan fingerprint density at radius 3 is 2.59 bits per heavy atom. The van der Waals surface area contributed by atoms with Crippen LogP contribution in [0.4, 0.5) is 4.79 Å². The highest BCUT2D eigenvalue weighted by atomic mass is 16.6. The molecule has 1 aliphatic rings. The molecule has 1 aliphatic heterocycles. The highest BCUT2D eigenvalue weighted by molar-refractivity contribution is 5.68. The lowest BCUT2D eigenvalue weighted by atomic mass is 10.1. The lowest BCUT2D eigenvalue weighted by Crippen LogP contribution is -2.46. The van der Waals surface area contributed by atoms with Gasteiger partial charge in [0.2, 0.25) is 0 Å². The van der Waals surface area contributed by atoms with Gasteiger partial charge in [0, 0.05) is 18.9 Å². The van der Waals surface area contributed by atoms with Crippen LogP contribution in [0.1, 0.15) is 33.6 Å². The smallest absolute Gasteiger partial charge is 0.410 e. The largest absolute Gasteiger partial charge is 0.477 e. The van der Waals surface area contributed by atoms with E-state index in [0.717, 1.165) is 12.8 Å². The van der Waals surface area contributed by atoms with Crippen LogP contribution >= 0.6 is 0 Å². The Hall–Kier alpha value is -2.05. The number of methoxy groups -OCH3 is 1. The normalized spacial score (nSPS) is 18.7. The second kappa shape index (κ2) is 6.81. The third kappa shape index (κ3) is 4.47. The average Bonchev–Trinajstić information content (AvgIpc) is 2.46. The second-order valence-corrected chi connectivity index (χ2v) is 6.18. The van der Waals surface area contributed by atoms with Crippen LogP contribution in [-0.4, -0.2) is 52.9 Å². The van der Waals surface area contributed by atoms with E-state index in [-0.39, 0.29) is 12.2 Å². The number of ether oxygens (including phenoxy) is 3. The molecule has 0 saturated carbocycles. The van der Waals surface area contributed by atoms with Crippen molar-refractivity contribution in [2.24, 2.45) is 0 Å². The zero-order chi connectivity index (χ0) is 16.2. The number of nitrogens with zero attached hydrogens (tertiary/aromatic N) is 3. The van der Waals surface area contributed by atoms with Crippen molar-refractivity contribution >= 4 is 6.09 Å². The lowest BCUT2D eigenvalue weighted by Gasteiger charge is -2.33. The van der Waals surface area contributed by atoms with Crippen molar-refractivity contribution < 1.29 is 19.0 Å². The van der Waals surface area contributed by atoms with Crippen LogP contribution in [0, 0.1) is 0 Å². The summed E-state index contributed by atoms with van der Waals surface area (Å²) in [5.74, 6) is 0.693. The van der Waals surface area contributed by atoms with E-state index in [2.05, 4.69) is 9.97 Å². The van der Waals surface area contributed by atoms with Crippen molar-refractivity contribution in [2.75, 3.05) is 20.2 Å². The van der Waals surface area contributed by atoms with E-state index in [1.165, 1.54) is 7.11 Å². The second-order valence-electron chi connectivity index (χ2n) is 6.18. The Labute approximate surface area is 130 Å². The number of aromatic nitrogens is 2. The third-order valence-electron chi connectivity index (χ3n) is 3.13. The van der Waals surface area contributed by atoms with Gasteiger partial charge in [0.1, 0.15) is 11.7 Å². The predicted molar refractivity (Wildman–Crippen MR) is 80.0 cm³/mol. The number of carbonyl (C=O) groups is 1. The van der Waals surface area contributed by atoms with Gasteiger partial charge in [-0.1, -0.05) is 0 Å². The molecular weight excluding hydrogens is 286 g/mol. The van der Waals surface area contributed by atoms with Crippen molar-refractivity contribution in [3.63, 3.8) is 0 Å². The molecule has 7 heteroatoms. The number of likely N-dealkylation sites (tertiary alicyclic amines) is 1. The van der Waals surface area contributed by atoms with Crippen LogP contribution in [0.3, 0.4) is 0 Å². The summed E-state index contributed by atoms with van der Waals surface area (Å²) in [6.45, 7) is 6.70. The maximum absolute atomic E-state index is 12.1. The summed E-state index contributed by atoms with van der Waals surface area (Å²) in [6.07, 6.45) is 4.33. The summed E-state index contributed by atoms with van der Waals surface area (Å²) < 4.78 is 16.4. The first kappa shape index (κ1) is 16.3. The monoisotopic (exact) mass is 309 g/mol. The van der Waals surface area contributed by atoms with Gasteiger partial charge in [0.05, 0.1) is 13.7 Å². The Morgan fingerprint density at radius 1 is 1.27 bits per heavy atom. The molecule has 0 radical (unpaired) electrons. The van der Waals surface area contributed by atoms with Gasteiger partial charge in [-0.05, 0) is 33.6 Å². The van der Waals surface area contributed by atoms with E-state index in [1.807, 2.05) is 20.8 Å². The summed E-state index contributed by atoms with van der Waals surface area (Å²) in [5.41, 5.74) is -0.501. The van der Waals surface area contributed by atoms with E-state index >= 15 is 0 Å². The van der Waals surface area contributed by atoms with E-state index < -0.39 is 5.60 Å².